The lowest BCUT2D eigenvalue weighted by Gasteiger charge is -2.30. The maximum atomic E-state index is 15.1. The first-order valence-electron chi connectivity index (χ1n) is 15.5. The Morgan fingerprint density at radius 2 is 1.58 bits per heavy atom. The number of carboxylic acid groups (broad SMARTS) is 1. The highest BCUT2D eigenvalue weighted by Crippen LogP contribution is 2.53. The van der Waals surface area contributed by atoms with Gasteiger partial charge in [0.05, 0.1) is 29.7 Å². The molecule has 3 unspecified atom stereocenters. The fraction of sp³-hybridized carbons (Fsp3) is 0.333. The second kappa shape index (κ2) is 13.6. The highest BCUT2D eigenvalue weighted by atomic mass is 19.4. The van der Waals surface area contributed by atoms with Gasteiger partial charge in [-0.05, 0) is 93.6 Å². The first kappa shape index (κ1) is 36.0. The number of esters is 1. The third kappa shape index (κ3) is 7.48. The zero-order valence-corrected chi connectivity index (χ0v) is 27.3. The van der Waals surface area contributed by atoms with E-state index in [-0.39, 0.29) is 33.7 Å². The molecule has 3 aromatic carbocycles. The molecular formula is C36H33F5N2O7. The molecule has 0 saturated heterocycles. The van der Waals surface area contributed by atoms with Crippen molar-refractivity contribution >= 4 is 29.4 Å². The molecule has 2 aliphatic carbocycles. The quantitative estimate of drug-likeness (QED) is 0.131. The van der Waals surface area contributed by atoms with Gasteiger partial charge in [0, 0.05) is 29.3 Å². The summed E-state index contributed by atoms with van der Waals surface area (Å²) in [5.41, 5.74) is -2.18. The van der Waals surface area contributed by atoms with Crippen molar-refractivity contribution in [3.63, 3.8) is 0 Å². The molecule has 14 heteroatoms. The Balaban J connectivity index is 1.48. The Labute approximate surface area is 283 Å². The molecule has 0 aromatic heterocycles. The Bertz CT molecular complexity index is 1900. The van der Waals surface area contributed by atoms with Crippen LogP contribution in [0.15, 0.2) is 66.2 Å². The van der Waals surface area contributed by atoms with Crippen molar-refractivity contribution in [1.82, 2.24) is 5.32 Å². The van der Waals surface area contributed by atoms with Crippen LogP contribution in [-0.2, 0) is 20.5 Å². The molecule has 5 rings (SSSR count). The van der Waals surface area contributed by atoms with E-state index in [2.05, 4.69) is 10.6 Å². The summed E-state index contributed by atoms with van der Waals surface area (Å²) in [5, 5.41) is 14.7. The van der Waals surface area contributed by atoms with Gasteiger partial charge < -0.3 is 25.2 Å². The van der Waals surface area contributed by atoms with Crippen molar-refractivity contribution in [3.05, 3.63) is 94.6 Å². The van der Waals surface area contributed by atoms with Gasteiger partial charge in [-0.1, -0.05) is 11.6 Å². The molecule has 3 N–H and O–H groups in total. The summed E-state index contributed by atoms with van der Waals surface area (Å²) in [6.07, 6.45) is -3.28. The maximum absolute atomic E-state index is 15.1. The molecule has 9 nitrogen and oxygen atoms in total. The second-order valence-corrected chi connectivity index (χ2v) is 13.1. The minimum atomic E-state index is -5.03. The number of ether oxygens (including phenoxy) is 2. The van der Waals surface area contributed by atoms with Crippen molar-refractivity contribution < 1.29 is 55.7 Å². The van der Waals surface area contributed by atoms with Crippen LogP contribution in [-0.4, -0.2) is 47.6 Å². The van der Waals surface area contributed by atoms with Gasteiger partial charge in [0.25, 0.3) is 5.91 Å². The smallest absolute Gasteiger partial charge is 0.419 e. The molecule has 0 spiro atoms. The number of fused-ring (bicyclic) bond motifs is 2. The number of carbonyl (C=O) groups excluding carboxylic acids is 3. The summed E-state index contributed by atoms with van der Waals surface area (Å²) >= 11 is 0. The molecule has 2 bridgehead atoms. The van der Waals surface area contributed by atoms with Crippen molar-refractivity contribution in [1.29, 1.82) is 0 Å². The SMILES string of the molecule is COc1ccc(-c2cc(C(=O)OC(C)(C)C)ccc2F)cc1C(=O)NC1C2CCC(/C2=C/C(=O)O)[C@@H]1C(=O)Nc1ccc(F)c(C(F)(F)F)c1. The van der Waals surface area contributed by atoms with Gasteiger partial charge in [-0.2, -0.15) is 13.2 Å². The fourth-order valence-electron chi connectivity index (χ4n) is 6.67. The largest absolute Gasteiger partial charge is 0.496 e. The molecule has 2 aliphatic rings. The normalized spacial score (nSPS) is 20.8. The first-order chi connectivity index (χ1) is 23.4. The van der Waals surface area contributed by atoms with Crippen LogP contribution < -0.4 is 15.4 Å². The second-order valence-electron chi connectivity index (χ2n) is 13.1. The molecule has 2 amide bonds. The molecule has 0 aliphatic heterocycles. The van der Waals surface area contributed by atoms with Gasteiger partial charge in [-0.3, -0.25) is 9.59 Å². The Morgan fingerprint density at radius 1 is 0.900 bits per heavy atom. The van der Waals surface area contributed by atoms with E-state index in [4.69, 9.17) is 9.47 Å². The third-order valence-electron chi connectivity index (χ3n) is 8.68. The monoisotopic (exact) mass is 700 g/mol. The summed E-state index contributed by atoms with van der Waals surface area (Å²) in [6, 6.07) is 8.84. The average molecular weight is 701 g/mol. The Hall–Kier alpha value is -5.27. The average Bonchev–Trinajstić information content (AvgIpc) is 3.54. The number of nitrogens with one attached hydrogen (secondary N) is 2. The molecule has 3 aromatic rings. The fourth-order valence-corrected chi connectivity index (χ4v) is 6.67. The lowest BCUT2D eigenvalue weighted by atomic mass is 9.83. The Morgan fingerprint density at radius 3 is 2.22 bits per heavy atom. The van der Waals surface area contributed by atoms with Gasteiger partial charge >= 0.3 is 18.1 Å². The number of alkyl halides is 3. The van der Waals surface area contributed by atoms with Crippen LogP contribution in [0, 0.1) is 29.4 Å². The van der Waals surface area contributed by atoms with Crippen LogP contribution in [0.3, 0.4) is 0 Å². The van der Waals surface area contributed by atoms with Crippen molar-refractivity contribution in [2.24, 2.45) is 17.8 Å². The van der Waals surface area contributed by atoms with Gasteiger partial charge in [0.1, 0.15) is 23.0 Å². The van der Waals surface area contributed by atoms with E-state index in [1.54, 1.807) is 20.8 Å². The predicted molar refractivity (Wildman–Crippen MR) is 170 cm³/mol. The molecule has 2 saturated carbocycles. The number of carbonyl (C=O) groups is 4. The molecule has 2 fully saturated rings. The standard InChI is InChI=1S/C36H33F5N2O7/c1-35(2,3)50-34(48)18-5-10-26(37)22(14-18)17-6-12-28(49-4)24(13-17)32(46)43-31-21-9-8-20(23(21)16-29(44)45)30(31)33(47)42-19-7-11-27(38)25(15-19)36(39,40)41/h5-7,10-16,20-21,30-31H,8-9H2,1-4H3,(H,42,47)(H,43,46)(H,44,45)/b23-16-/t20?,21?,30-,31?/m0/s1. The summed E-state index contributed by atoms with van der Waals surface area (Å²) in [7, 11) is 1.30. The number of rotatable bonds is 8. The molecular weight excluding hydrogens is 667 g/mol. The lowest BCUT2D eigenvalue weighted by molar-refractivity contribution is -0.140. The van der Waals surface area contributed by atoms with E-state index in [1.807, 2.05) is 0 Å². The molecule has 0 radical (unpaired) electrons. The number of anilines is 1. The molecule has 50 heavy (non-hydrogen) atoms. The van der Waals surface area contributed by atoms with Crippen LogP contribution >= 0.6 is 0 Å². The van der Waals surface area contributed by atoms with Gasteiger partial charge in [-0.15, -0.1) is 0 Å². The Kier molecular flexibility index (Phi) is 9.77. The lowest BCUT2D eigenvalue weighted by Crippen LogP contribution is -2.48. The van der Waals surface area contributed by atoms with Crippen LogP contribution in [0.25, 0.3) is 11.1 Å². The van der Waals surface area contributed by atoms with Crippen molar-refractivity contribution in [2.75, 3.05) is 12.4 Å². The number of hydrogen-bond donors (Lipinski definition) is 3. The van der Waals surface area contributed by atoms with Gasteiger partial charge in [-0.25, -0.2) is 18.4 Å². The summed E-state index contributed by atoms with van der Waals surface area (Å²) in [6.45, 7) is 5.04. The van der Waals surface area contributed by atoms with E-state index in [1.165, 1.54) is 37.4 Å². The van der Waals surface area contributed by atoms with Crippen LogP contribution in [0.2, 0.25) is 0 Å². The van der Waals surface area contributed by atoms with E-state index in [0.29, 0.717) is 30.5 Å². The molecule has 0 heterocycles. The van der Waals surface area contributed by atoms with E-state index >= 15 is 4.39 Å². The first-order valence-corrected chi connectivity index (χ1v) is 15.5. The number of methoxy groups -OCH3 is 1. The molecule has 264 valence electrons. The topological polar surface area (TPSA) is 131 Å². The number of halogens is 5. The number of aliphatic carboxylic acids is 1. The number of benzene rings is 3. The third-order valence-corrected chi connectivity index (χ3v) is 8.68. The van der Waals surface area contributed by atoms with Crippen LogP contribution in [0.5, 0.6) is 5.75 Å². The maximum Gasteiger partial charge on any atom is 0.419 e. The molecule has 4 atom stereocenters. The highest BCUT2D eigenvalue weighted by Gasteiger charge is 2.55. The number of carboxylic acids is 1. The van der Waals surface area contributed by atoms with Gasteiger partial charge in [0.15, 0.2) is 0 Å². The van der Waals surface area contributed by atoms with E-state index in [9.17, 15) is 41.8 Å². The predicted octanol–water partition coefficient (Wildman–Crippen LogP) is 7.02. The minimum absolute atomic E-state index is 0.0218. The summed E-state index contributed by atoms with van der Waals surface area (Å²) in [5.74, 6) is -8.07. The van der Waals surface area contributed by atoms with Gasteiger partial charge in [0.2, 0.25) is 5.91 Å². The number of hydrogen-bond acceptors (Lipinski definition) is 6. The zero-order chi connectivity index (χ0) is 36.7. The number of amides is 2. The summed E-state index contributed by atoms with van der Waals surface area (Å²) in [4.78, 5) is 52.0. The highest BCUT2D eigenvalue weighted by molar-refractivity contribution is 6.00. The zero-order valence-electron chi connectivity index (χ0n) is 27.3. The van der Waals surface area contributed by atoms with Crippen molar-refractivity contribution in [3.8, 4) is 16.9 Å². The van der Waals surface area contributed by atoms with E-state index in [0.717, 1.165) is 18.2 Å². The van der Waals surface area contributed by atoms with Crippen molar-refractivity contribution in [2.45, 2.75) is 51.4 Å². The van der Waals surface area contributed by atoms with Crippen LogP contribution in [0.4, 0.5) is 27.6 Å². The summed E-state index contributed by atoms with van der Waals surface area (Å²) < 4.78 is 79.8. The van der Waals surface area contributed by atoms with E-state index < -0.39 is 76.5 Å². The van der Waals surface area contributed by atoms with Crippen LogP contribution in [0.1, 0.15) is 59.9 Å². The minimum Gasteiger partial charge on any atom is -0.496 e.